The van der Waals surface area contributed by atoms with Gasteiger partial charge >= 0.3 is 0 Å². The molecule has 178 valence electrons. The predicted octanol–water partition coefficient (Wildman–Crippen LogP) is 3.39. The van der Waals surface area contributed by atoms with Gasteiger partial charge in [-0.2, -0.15) is 0 Å². The Balaban J connectivity index is 1.61. The number of amides is 1. The molecule has 3 aromatic rings. The van der Waals surface area contributed by atoms with Gasteiger partial charge < -0.3 is 14.8 Å². The maximum Gasteiger partial charge on any atom is 0.270 e. The van der Waals surface area contributed by atoms with E-state index in [-0.39, 0.29) is 22.2 Å². The van der Waals surface area contributed by atoms with E-state index in [9.17, 15) is 23.3 Å². The van der Waals surface area contributed by atoms with E-state index in [1.807, 2.05) is 6.07 Å². The summed E-state index contributed by atoms with van der Waals surface area (Å²) in [4.78, 5) is 22.4. The summed E-state index contributed by atoms with van der Waals surface area (Å²) in [7, 11) is -0.898. The van der Waals surface area contributed by atoms with Gasteiger partial charge in [-0.05, 0) is 60.5 Å². The lowest BCUT2D eigenvalue weighted by molar-refractivity contribution is -0.385. The summed E-state index contributed by atoms with van der Waals surface area (Å²) in [6.45, 7) is 0.351. The van der Waals surface area contributed by atoms with Crippen molar-refractivity contribution < 1.29 is 27.6 Å². The molecule has 0 bridgehead atoms. The van der Waals surface area contributed by atoms with Crippen molar-refractivity contribution in [3.05, 3.63) is 88.0 Å². The molecule has 3 rings (SSSR count). The Morgan fingerprint density at radius 3 is 2.38 bits per heavy atom. The van der Waals surface area contributed by atoms with Gasteiger partial charge in [0.05, 0.1) is 24.0 Å². The van der Waals surface area contributed by atoms with E-state index >= 15 is 0 Å². The highest BCUT2D eigenvalue weighted by molar-refractivity contribution is 7.92. The van der Waals surface area contributed by atoms with Crippen molar-refractivity contribution in [1.82, 2.24) is 5.32 Å². The molecule has 2 N–H and O–H groups in total. The number of carbonyl (C=O) groups excluding carboxylic acids is 1. The number of hydrogen-bond acceptors (Lipinski definition) is 7. The summed E-state index contributed by atoms with van der Waals surface area (Å²) in [5, 5.41) is 13.7. The maximum atomic E-state index is 12.5. The second kappa shape index (κ2) is 10.7. The minimum Gasteiger partial charge on any atom is -0.497 e. The number of rotatable bonds is 10. The first-order valence-corrected chi connectivity index (χ1v) is 11.6. The minimum absolute atomic E-state index is 0.212. The van der Waals surface area contributed by atoms with Gasteiger partial charge in [0.25, 0.3) is 21.6 Å². The summed E-state index contributed by atoms with van der Waals surface area (Å²) in [5.74, 6) is 1.05. The molecule has 0 spiro atoms. The smallest absolute Gasteiger partial charge is 0.270 e. The molecule has 1 amide bonds. The molecular weight excluding hydrogens is 462 g/mol. The van der Waals surface area contributed by atoms with Crippen LogP contribution in [0.2, 0.25) is 0 Å². The fourth-order valence-corrected chi connectivity index (χ4v) is 4.26. The highest BCUT2D eigenvalue weighted by Crippen LogP contribution is 2.24. The number of nitrogens with one attached hydrogen (secondary N) is 2. The Hall–Kier alpha value is -4.12. The number of nitrogens with zero attached hydrogens (tertiary/aromatic N) is 1. The van der Waals surface area contributed by atoms with Crippen LogP contribution in [0.15, 0.2) is 71.6 Å². The zero-order chi connectivity index (χ0) is 24.7. The quantitative estimate of drug-likeness (QED) is 0.332. The molecular formula is C23H23N3O7S. The van der Waals surface area contributed by atoms with Gasteiger partial charge in [0.1, 0.15) is 11.5 Å². The number of nitro groups is 1. The van der Waals surface area contributed by atoms with Gasteiger partial charge in [-0.25, -0.2) is 8.42 Å². The van der Waals surface area contributed by atoms with Crippen LogP contribution in [0.25, 0.3) is 0 Å². The highest BCUT2D eigenvalue weighted by Gasteiger charge is 2.18. The Bertz CT molecular complexity index is 1290. The number of benzene rings is 3. The van der Waals surface area contributed by atoms with Gasteiger partial charge in [0.2, 0.25) is 0 Å². The van der Waals surface area contributed by atoms with Gasteiger partial charge in [-0.15, -0.1) is 0 Å². The van der Waals surface area contributed by atoms with Crippen molar-refractivity contribution >= 4 is 27.3 Å². The van der Waals surface area contributed by atoms with Crippen LogP contribution in [0.1, 0.15) is 15.9 Å². The third-order valence-corrected chi connectivity index (χ3v) is 6.28. The largest absolute Gasteiger partial charge is 0.497 e. The lowest BCUT2D eigenvalue weighted by Gasteiger charge is -2.11. The fourth-order valence-electron chi connectivity index (χ4n) is 3.16. The van der Waals surface area contributed by atoms with Gasteiger partial charge in [-0.1, -0.05) is 6.07 Å². The molecule has 0 heterocycles. The molecule has 34 heavy (non-hydrogen) atoms. The number of anilines is 1. The van der Waals surface area contributed by atoms with Gasteiger partial charge in [0.15, 0.2) is 0 Å². The zero-order valence-electron chi connectivity index (χ0n) is 18.5. The van der Waals surface area contributed by atoms with E-state index in [0.29, 0.717) is 30.0 Å². The second-order valence-electron chi connectivity index (χ2n) is 7.12. The molecule has 0 aliphatic heterocycles. The van der Waals surface area contributed by atoms with Crippen molar-refractivity contribution in [2.75, 3.05) is 25.5 Å². The SMILES string of the molecule is COc1ccc(OC)c(CCNC(=O)c2ccc(NS(=O)(=O)c3cccc([N+](=O)[O-])c3)cc2)c1. The molecule has 0 aliphatic rings. The molecule has 3 aromatic carbocycles. The van der Waals surface area contributed by atoms with Crippen molar-refractivity contribution in [2.24, 2.45) is 0 Å². The molecule has 0 fully saturated rings. The lowest BCUT2D eigenvalue weighted by atomic mass is 10.1. The Labute approximate surface area is 196 Å². The average Bonchev–Trinajstić information content (AvgIpc) is 2.84. The Morgan fingerprint density at radius 2 is 1.74 bits per heavy atom. The number of non-ortho nitro benzene ring substituents is 1. The van der Waals surface area contributed by atoms with Crippen molar-refractivity contribution in [2.45, 2.75) is 11.3 Å². The highest BCUT2D eigenvalue weighted by atomic mass is 32.2. The van der Waals surface area contributed by atoms with Crippen molar-refractivity contribution in [3.63, 3.8) is 0 Å². The predicted molar refractivity (Wildman–Crippen MR) is 126 cm³/mol. The van der Waals surface area contributed by atoms with E-state index in [4.69, 9.17) is 9.47 Å². The van der Waals surface area contributed by atoms with E-state index in [0.717, 1.165) is 11.6 Å². The van der Waals surface area contributed by atoms with E-state index in [1.165, 1.54) is 42.5 Å². The Morgan fingerprint density at radius 1 is 1.00 bits per heavy atom. The van der Waals surface area contributed by atoms with Crippen LogP contribution in [-0.2, 0) is 16.4 Å². The Kier molecular flexibility index (Phi) is 7.69. The molecule has 0 saturated heterocycles. The molecule has 0 aliphatic carbocycles. The van der Waals surface area contributed by atoms with Gasteiger partial charge in [0, 0.05) is 29.9 Å². The van der Waals surface area contributed by atoms with Crippen LogP contribution in [-0.4, -0.2) is 40.0 Å². The zero-order valence-corrected chi connectivity index (χ0v) is 19.3. The van der Waals surface area contributed by atoms with Crippen molar-refractivity contribution in [1.29, 1.82) is 0 Å². The first kappa shape index (κ1) is 24.5. The summed E-state index contributed by atoms with van der Waals surface area (Å²) < 4.78 is 38.0. The third-order valence-electron chi connectivity index (χ3n) is 4.91. The number of carbonyl (C=O) groups is 1. The number of nitro benzene ring substituents is 1. The maximum absolute atomic E-state index is 12.5. The van der Waals surface area contributed by atoms with E-state index < -0.39 is 14.9 Å². The molecule has 0 atom stereocenters. The lowest BCUT2D eigenvalue weighted by Crippen LogP contribution is -2.25. The third kappa shape index (κ3) is 6.01. The number of hydrogen-bond donors (Lipinski definition) is 2. The standard InChI is InChI=1S/C23H23N3O7S/c1-32-20-10-11-22(33-2)17(14-20)12-13-24-23(27)16-6-8-18(9-7-16)25-34(30,31)21-5-3-4-19(15-21)26(28)29/h3-11,14-15,25H,12-13H2,1-2H3,(H,24,27). The first-order chi connectivity index (χ1) is 16.2. The average molecular weight is 486 g/mol. The normalized spacial score (nSPS) is 10.9. The van der Waals surface area contributed by atoms with Crippen LogP contribution >= 0.6 is 0 Å². The van der Waals surface area contributed by atoms with Crippen molar-refractivity contribution in [3.8, 4) is 11.5 Å². The van der Waals surface area contributed by atoms with Crippen LogP contribution in [0.5, 0.6) is 11.5 Å². The molecule has 11 heteroatoms. The van der Waals surface area contributed by atoms with Crippen LogP contribution in [0.4, 0.5) is 11.4 Å². The monoisotopic (exact) mass is 485 g/mol. The summed E-state index contributed by atoms with van der Waals surface area (Å²) in [6, 6.07) is 16.0. The van der Waals surface area contributed by atoms with Crippen LogP contribution in [0.3, 0.4) is 0 Å². The van der Waals surface area contributed by atoms with E-state index in [1.54, 1.807) is 26.4 Å². The first-order valence-electron chi connectivity index (χ1n) is 10.1. The molecule has 0 saturated carbocycles. The topological polar surface area (TPSA) is 137 Å². The molecule has 0 aromatic heterocycles. The fraction of sp³-hybridized carbons (Fsp3) is 0.174. The molecule has 0 radical (unpaired) electrons. The van der Waals surface area contributed by atoms with Crippen LogP contribution < -0.4 is 19.5 Å². The molecule has 0 unspecified atom stereocenters. The van der Waals surface area contributed by atoms with E-state index in [2.05, 4.69) is 10.0 Å². The van der Waals surface area contributed by atoms with Gasteiger partial charge in [-0.3, -0.25) is 19.6 Å². The minimum atomic E-state index is -4.04. The number of ether oxygens (including phenoxy) is 2. The number of methoxy groups -OCH3 is 2. The molecule has 10 nitrogen and oxygen atoms in total. The summed E-state index contributed by atoms with van der Waals surface area (Å²) >= 11 is 0. The van der Waals surface area contributed by atoms with Crippen LogP contribution in [0, 0.1) is 10.1 Å². The number of sulfonamides is 1. The second-order valence-corrected chi connectivity index (χ2v) is 8.80. The summed E-state index contributed by atoms with van der Waals surface area (Å²) in [5.41, 5.74) is 1.11. The summed E-state index contributed by atoms with van der Waals surface area (Å²) in [6.07, 6.45) is 0.521.